The Bertz CT molecular complexity index is 665. The lowest BCUT2D eigenvalue weighted by atomic mass is 10.2. The van der Waals surface area contributed by atoms with Crippen LogP contribution in [0.25, 0.3) is 0 Å². The SMILES string of the molecule is O=[N+]([O-])c1ccc(NCc2cc(Br)ccc2F)c(Br)c1. The molecule has 0 aliphatic heterocycles. The third-order valence-electron chi connectivity index (χ3n) is 2.64. The minimum Gasteiger partial charge on any atom is -0.380 e. The quantitative estimate of drug-likeness (QED) is 0.585. The maximum atomic E-state index is 13.6. The van der Waals surface area contributed by atoms with Crippen LogP contribution in [0.15, 0.2) is 45.3 Å². The van der Waals surface area contributed by atoms with Crippen molar-refractivity contribution in [3.05, 3.63) is 66.8 Å². The molecule has 0 spiro atoms. The number of hydrogen-bond donors (Lipinski definition) is 1. The molecular formula is C13H9Br2FN2O2. The number of nitro groups is 1. The van der Waals surface area contributed by atoms with E-state index in [0.717, 1.165) is 4.47 Å². The number of rotatable bonds is 4. The van der Waals surface area contributed by atoms with Gasteiger partial charge < -0.3 is 5.32 Å². The average molecular weight is 404 g/mol. The zero-order valence-corrected chi connectivity index (χ0v) is 13.2. The molecule has 0 saturated heterocycles. The van der Waals surface area contributed by atoms with Gasteiger partial charge in [-0.05, 0) is 40.2 Å². The predicted molar refractivity (Wildman–Crippen MR) is 82.2 cm³/mol. The highest BCUT2D eigenvalue weighted by Crippen LogP contribution is 2.28. The summed E-state index contributed by atoms with van der Waals surface area (Å²) in [6.07, 6.45) is 0. The summed E-state index contributed by atoms with van der Waals surface area (Å²) in [5, 5.41) is 13.7. The smallest absolute Gasteiger partial charge is 0.270 e. The highest BCUT2D eigenvalue weighted by Gasteiger charge is 2.09. The Morgan fingerprint density at radius 2 is 1.95 bits per heavy atom. The number of nitrogens with zero attached hydrogens (tertiary/aromatic N) is 1. The molecule has 0 fully saturated rings. The summed E-state index contributed by atoms with van der Waals surface area (Å²) in [7, 11) is 0. The number of halogens is 3. The maximum Gasteiger partial charge on any atom is 0.270 e. The van der Waals surface area contributed by atoms with E-state index in [2.05, 4.69) is 37.2 Å². The average Bonchev–Trinajstić information content (AvgIpc) is 2.40. The molecule has 1 N–H and O–H groups in total. The Morgan fingerprint density at radius 1 is 1.20 bits per heavy atom. The first kappa shape index (κ1) is 14.9. The molecule has 0 aromatic heterocycles. The fraction of sp³-hybridized carbons (Fsp3) is 0.0769. The van der Waals surface area contributed by atoms with Gasteiger partial charge in [0.1, 0.15) is 5.82 Å². The zero-order chi connectivity index (χ0) is 14.7. The van der Waals surface area contributed by atoms with Gasteiger partial charge in [-0.2, -0.15) is 0 Å². The summed E-state index contributed by atoms with van der Waals surface area (Å²) in [6.45, 7) is 0.279. The summed E-state index contributed by atoms with van der Waals surface area (Å²) in [5.41, 5.74) is 1.16. The van der Waals surface area contributed by atoms with Crippen molar-refractivity contribution < 1.29 is 9.31 Å². The van der Waals surface area contributed by atoms with Crippen LogP contribution in [0, 0.1) is 15.9 Å². The molecule has 0 amide bonds. The molecule has 0 radical (unpaired) electrons. The van der Waals surface area contributed by atoms with E-state index in [1.54, 1.807) is 18.2 Å². The number of nitro benzene ring substituents is 1. The largest absolute Gasteiger partial charge is 0.380 e. The van der Waals surface area contributed by atoms with Crippen molar-refractivity contribution in [1.29, 1.82) is 0 Å². The van der Waals surface area contributed by atoms with E-state index in [-0.39, 0.29) is 18.0 Å². The first-order valence-electron chi connectivity index (χ1n) is 5.59. The molecule has 0 aliphatic carbocycles. The topological polar surface area (TPSA) is 55.2 Å². The van der Waals surface area contributed by atoms with E-state index in [9.17, 15) is 14.5 Å². The number of anilines is 1. The Hall–Kier alpha value is -1.47. The van der Waals surface area contributed by atoms with Gasteiger partial charge in [-0.1, -0.05) is 15.9 Å². The predicted octanol–water partition coefficient (Wildman–Crippen LogP) is 4.87. The molecule has 2 rings (SSSR count). The van der Waals surface area contributed by atoms with E-state index in [4.69, 9.17) is 0 Å². The van der Waals surface area contributed by atoms with Gasteiger partial charge in [0.25, 0.3) is 5.69 Å². The fourth-order valence-electron chi connectivity index (χ4n) is 1.63. The molecule has 0 unspecified atom stereocenters. The van der Waals surface area contributed by atoms with Crippen LogP contribution in [0.1, 0.15) is 5.56 Å². The summed E-state index contributed by atoms with van der Waals surface area (Å²) >= 11 is 6.54. The fourth-order valence-corrected chi connectivity index (χ4v) is 2.55. The summed E-state index contributed by atoms with van der Waals surface area (Å²) < 4.78 is 14.9. The zero-order valence-electron chi connectivity index (χ0n) is 10.1. The third kappa shape index (κ3) is 3.55. The molecule has 20 heavy (non-hydrogen) atoms. The number of non-ortho nitro benzene ring substituents is 1. The van der Waals surface area contributed by atoms with Crippen molar-refractivity contribution in [2.24, 2.45) is 0 Å². The normalized spacial score (nSPS) is 10.3. The number of hydrogen-bond acceptors (Lipinski definition) is 3. The van der Waals surface area contributed by atoms with E-state index in [1.165, 1.54) is 18.2 Å². The highest BCUT2D eigenvalue weighted by atomic mass is 79.9. The minimum atomic E-state index is -0.470. The molecule has 2 aromatic carbocycles. The van der Waals surface area contributed by atoms with Crippen molar-refractivity contribution in [3.63, 3.8) is 0 Å². The van der Waals surface area contributed by atoms with Gasteiger partial charge in [0, 0.05) is 38.9 Å². The lowest BCUT2D eigenvalue weighted by molar-refractivity contribution is -0.384. The molecular weight excluding hydrogens is 395 g/mol. The summed E-state index contributed by atoms with van der Waals surface area (Å²) in [6, 6.07) is 9.07. The number of nitrogens with one attached hydrogen (secondary N) is 1. The second kappa shape index (κ2) is 6.32. The maximum absolute atomic E-state index is 13.6. The van der Waals surface area contributed by atoms with Crippen LogP contribution in [-0.2, 0) is 6.54 Å². The summed E-state index contributed by atoms with van der Waals surface area (Å²) in [5.74, 6) is -0.307. The van der Waals surface area contributed by atoms with Crippen LogP contribution in [0.5, 0.6) is 0 Å². The first-order chi connectivity index (χ1) is 9.47. The third-order valence-corrected chi connectivity index (χ3v) is 3.79. The lowest BCUT2D eigenvalue weighted by Crippen LogP contribution is -2.02. The summed E-state index contributed by atoms with van der Waals surface area (Å²) in [4.78, 5) is 10.2. The molecule has 2 aromatic rings. The van der Waals surface area contributed by atoms with Gasteiger partial charge >= 0.3 is 0 Å². The number of benzene rings is 2. The second-order valence-corrected chi connectivity index (χ2v) is 5.78. The Balaban J connectivity index is 2.15. The van der Waals surface area contributed by atoms with Crippen LogP contribution in [0.4, 0.5) is 15.8 Å². The Kier molecular flexibility index (Phi) is 4.72. The highest BCUT2D eigenvalue weighted by molar-refractivity contribution is 9.10. The van der Waals surface area contributed by atoms with Crippen LogP contribution >= 0.6 is 31.9 Å². The van der Waals surface area contributed by atoms with Crippen LogP contribution in [0.3, 0.4) is 0 Å². The van der Waals surface area contributed by atoms with Gasteiger partial charge in [-0.15, -0.1) is 0 Å². The minimum absolute atomic E-state index is 0.00365. The van der Waals surface area contributed by atoms with Crippen molar-refractivity contribution in [2.75, 3.05) is 5.32 Å². The van der Waals surface area contributed by atoms with E-state index in [0.29, 0.717) is 15.7 Å². The lowest BCUT2D eigenvalue weighted by Gasteiger charge is -2.09. The van der Waals surface area contributed by atoms with E-state index in [1.807, 2.05) is 0 Å². The van der Waals surface area contributed by atoms with Crippen LogP contribution in [0.2, 0.25) is 0 Å². The van der Waals surface area contributed by atoms with Gasteiger partial charge in [0.15, 0.2) is 0 Å². The van der Waals surface area contributed by atoms with Crippen molar-refractivity contribution in [3.8, 4) is 0 Å². The second-order valence-electron chi connectivity index (χ2n) is 4.01. The standard InChI is InChI=1S/C13H9Br2FN2O2/c14-9-1-3-12(16)8(5-9)7-17-13-4-2-10(18(19)20)6-11(13)15/h1-6,17H,7H2. The van der Waals surface area contributed by atoms with E-state index < -0.39 is 4.92 Å². The monoisotopic (exact) mass is 402 g/mol. The van der Waals surface area contributed by atoms with Crippen molar-refractivity contribution in [2.45, 2.75) is 6.54 Å². The molecule has 7 heteroatoms. The Morgan fingerprint density at radius 3 is 2.60 bits per heavy atom. The van der Waals surface area contributed by atoms with Crippen LogP contribution in [-0.4, -0.2) is 4.92 Å². The van der Waals surface area contributed by atoms with E-state index >= 15 is 0 Å². The van der Waals surface area contributed by atoms with Crippen molar-refractivity contribution >= 4 is 43.2 Å². The van der Waals surface area contributed by atoms with Gasteiger partial charge in [0.2, 0.25) is 0 Å². The van der Waals surface area contributed by atoms with Crippen molar-refractivity contribution in [1.82, 2.24) is 0 Å². The molecule has 4 nitrogen and oxygen atoms in total. The molecule has 0 heterocycles. The molecule has 0 saturated carbocycles. The first-order valence-corrected chi connectivity index (χ1v) is 7.17. The molecule has 0 atom stereocenters. The van der Waals surface area contributed by atoms with Gasteiger partial charge in [0.05, 0.1) is 4.92 Å². The molecule has 0 aliphatic rings. The van der Waals surface area contributed by atoms with Gasteiger partial charge in [-0.25, -0.2) is 4.39 Å². The molecule has 0 bridgehead atoms. The van der Waals surface area contributed by atoms with Crippen LogP contribution < -0.4 is 5.32 Å². The Labute approximate surface area is 131 Å². The van der Waals surface area contributed by atoms with Gasteiger partial charge in [-0.3, -0.25) is 10.1 Å². The molecule has 104 valence electrons.